The minimum absolute atomic E-state index is 0.274. The molecule has 4 heteroatoms. The van der Waals surface area contributed by atoms with Crippen molar-refractivity contribution in [1.82, 2.24) is 5.32 Å². The van der Waals surface area contributed by atoms with Gasteiger partial charge in [-0.2, -0.15) is 0 Å². The van der Waals surface area contributed by atoms with E-state index in [-0.39, 0.29) is 11.9 Å². The molecule has 0 bridgehead atoms. The van der Waals surface area contributed by atoms with Crippen LogP contribution in [0.25, 0.3) is 0 Å². The first-order valence-corrected chi connectivity index (χ1v) is 9.01. The lowest BCUT2D eigenvalue weighted by Gasteiger charge is -2.42. The Morgan fingerprint density at radius 1 is 1.00 bits per heavy atom. The van der Waals surface area contributed by atoms with Crippen LogP contribution in [0, 0.1) is 5.92 Å². The molecule has 0 aromatic heterocycles. The quantitative estimate of drug-likeness (QED) is 0.930. The van der Waals surface area contributed by atoms with Crippen LogP contribution in [0.5, 0.6) is 0 Å². The minimum Gasteiger partial charge on any atom is -0.375 e. The molecular weight excluding hydrogens is 290 g/mol. The maximum absolute atomic E-state index is 6.14. The van der Waals surface area contributed by atoms with E-state index in [4.69, 9.17) is 14.2 Å². The van der Waals surface area contributed by atoms with Gasteiger partial charge in [0.25, 0.3) is 0 Å². The Balaban J connectivity index is 1.51. The summed E-state index contributed by atoms with van der Waals surface area (Å²) in [4.78, 5) is 0. The van der Waals surface area contributed by atoms with Crippen molar-refractivity contribution in [2.75, 3.05) is 32.9 Å². The largest absolute Gasteiger partial charge is 0.375 e. The molecule has 2 aliphatic heterocycles. The molecule has 1 aliphatic carbocycles. The van der Waals surface area contributed by atoms with Crippen molar-refractivity contribution in [2.45, 2.75) is 43.5 Å². The Hall–Kier alpha value is -0.940. The zero-order valence-corrected chi connectivity index (χ0v) is 13.7. The fourth-order valence-electron chi connectivity index (χ4n) is 4.51. The molecular formula is C19H27NO3. The lowest BCUT2D eigenvalue weighted by Crippen LogP contribution is -2.45. The molecule has 2 heterocycles. The van der Waals surface area contributed by atoms with Crippen LogP contribution in [0.15, 0.2) is 30.3 Å². The second kappa shape index (κ2) is 6.89. The summed E-state index contributed by atoms with van der Waals surface area (Å²) in [6.07, 6.45) is 4.61. The third-order valence-electron chi connectivity index (χ3n) is 5.65. The molecule has 23 heavy (non-hydrogen) atoms. The summed E-state index contributed by atoms with van der Waals surface area (Å²) in [5.41, 5.74) is 1.41. The van der Waals surface area contributed by atoms with Crippen LogP contribution in [0.3, 0.4) is 0 Å². The molecule has 2 unspecified atom stereocenters. The minimum atomic E-state index is -0.274. The van der Waals surface area contributed by atoms with Gasteiger partial charge in [-0.15, -0.1) is 0 Å². The fourth-order valence-corrected chi connectivity index (χ4v) is 4.51. The predicted octanol–water partition coefficient (Wildman–Crippen LogP) is 2.69. The Kier molecular flexibility index (Phi) is 4.67. The summed E-state index contributed by atoms with van der Waals surface area (Å²) in [6, 6.07) is 10.9. The summed E-state index contributed by atoms with van der Waals surface area (Å²) in [5, 5.41) is 3.50. The van der Waals surface area contributed by atoms with Crippen molar-refractivity contribution in [1.29, 1.82) is 0 Å². The molecule has 1 aromatic rings. The van der Waals surface area contributed by atoms with Gasteiger partial charge < -0.3 is 19.5 Å². The number of hydrogen-bond donors (Lipinski definition) is 1. The number of benzene rings is 1. The molecule has 2 atom stereocenters. The van der Waals surface area contributed by atoms with Crippen LogP contribution in [0.2, 0.25) is 0 Å². The van der Waals surface area contributed by atoms with Gasteiger partial charge in [-0.1, -0.05) is 30.3 Å². The second-order valence-electron chi connectivity index (χ2n) is 6.99. The first-order valence-electron chi connectivity index (χ1n) is 9.01. The van der Waals surface area contributed by atoms with E-state index in [9.17, 15) is 0 Å². The number of rotatable bonds is 3. The SMILES string of the molecule is c1ccc(C(C2CCC3(CC2)OCCO3)C2CNCCO2)cc1. The number of nitrogens with one attached hydrogen (secondary N) is 1. The van der Waals surface area contributed by atoms with Crippen molar-refractivity contribution < 1.29 is 14.2 Å². The van der Waals surface area contributed by atoms with Gasteiger partial charge in [0.05, 0.1) is 25.9 Å². The standard InChI is InChI=1S/C19H27NO3/c1-2-4-15(5-3-1)18(17-14-20-10-11-21-17)16-6-8-19(9-7-16)22-12-13-23-19/h1-5,16-18,20H,6-14H2. The molecule has 4 nitrogen and oxygen atoms in total. The smallest absolute Gasteiger partial charge is 0.168 e. The molecule has 1 spiro atoms. The van der Waals surface area contributed by atoms with Crippen molar-refractivity contribution in [3.8, 4) is 0 Å². The highest BCUT2D eigenvalue weighted by Crippen LogP contribution is 2.45. The highest BCUT2D eigenvalue weighted by Gasteiger charge is 2.43. The van der Waals surface area contributed by atoms with E-state index in [1.807, 2.05) is 0 Å². The molecule has 126 valence electrons. The molecule has 1 saturated carbocycles. The lowest BCUT2D eigenvalue weighted by molar-refractivity contribution is -0.185. The molecule has 1 N–H and O–H groups in total. The van der Waals surface area contributed by atoms with E-state index >= 15 is 0 Å². The Labute approximate surface area is 138 Å². The molecule has 0 radical (unpaired) electrons. The average Bonchev–Trinajstić information content (AvgIpc) is 3.07. The van der Waals surface area contributed by atoms with Crippen LogP contribution in [0.1, 0.15) is 37.2 Å². The van der Waals surface area contributed by atoms with E-state index in [0.717, 1.165) is 58.6 Å². The summed E-state index contributed by atoms with van der Waals surface area (Å²) in [5.74, 6) is 0.826. The Morgan fingerprint density at radius 3 is 2.39 bits per heavy atom. The van der Waals surface area contributed by atoms with Crippen molar-refractivity contribution in [2.24, 2.45) is 5.92 Å². The van der Waals surface area contributed by atoms with Gasteiger partial charge in [-0.25, -0.2) is 0 Å². The molecule has 1 aromatic carbocycles. The van der Waals surface area contributed by atoms with Crippen LogP contribution in [-0.2, 0) is 14.2 Å². The molecule has 4 rings (SSSR count). The Bertz CT molecular complexity index is 485. The highest BCUT2D eigenvalue weighted by molar-refractivity contribution is 5.22. The maximum Gasteiger partial charge on any atom is 0.168 e. The number of ether oxygens (including phenoxy) is 3. The zero-order chi connectivity index (χ0) is 15.5. The van der Waals surface area contributed by atoms with E-state index < -0.39 is 0 Å². The van der Waals surface area contributed by atoms with E-state index in [1.54, 1.807) is 0 Å². The zero-order valence-electron chi connectivity index (χ0n) is 13.7. The third kappa shape index (κ3) is 3.31. The van der Waals surface area contributed by atoms with Gasteiger partial charge in [-0.05, 0) is 24.3 Å². The van der Waals surface area contributed by atoms with E-state index in [2.05, 4.69) is 35.6 Å². The molecule has 0 amide bonds. The monoisotopic (exact) mass is 317 g/mol. The van der Waals surface area contributed by atoms with Gasteiger partial charge in [-0.3, -0.25) is 0 Å². The average molecular weight is 317 g/mol. The number of morpholine rings is 1. The molecule has 3 fully saturated rings. The first-order chi connectivity index (χ1) is 11.4. The van der Waals surface area contributed by atoms with Gasteiger partial charge in [0.15, 0.2) is 5.79 Å². The van der Waals surface area contributed by atoms with Gasteiger partial charge in [0.2, 0.25) is 0 Å². The van der Waals surface area contributed by atoms with Crippen molar-refractivity contribution >= 4 is 0 Å². The van der Waals surface area contributed by atoms with Crippen LogP contribution in [0.4, 0.5) is 0 Å². The van der Waals surface area contributed by atoms with Gasteiger partial charge in [0, 0.05) is 31.8 Å². The van der Waals surface area contributed by atoms with Crippen molar-refractivity contribution in [3.05, 3.63) is 35.9 Å². The summed E-state index contributed by atoms with van der Waals surface area (Å²) in [6.45, 7) is 4.24. The van der Waals surface area contributed by atoms with E-state index in [0.29, 0.717) is 11.8 Å². The maximum atomic E-state index is 6.14. The second-order valence-corrected chi connectivity index (χ2v) is 6.99. The summed E-state index contributed by atoms with van der Waals surface area (Å²) in [7, 11) is 0. The fraction of sp³-hybridized carbons (Fsp3) is 0.684. The van der Waals surface area contributed by atoms with Gasteiger partial charge >= 0.3 is 0 Å². The normalized spacial score (nSPS) is 29.7. The summed E-state index contributed by atoms with van der Waals surface area (Å²) >= 11 is 0. The predicted molar refractivity (Wildman–Crippen MR) is 88.4 cm³/mol. The van der Waals surface area contributed by atoms with Crippen LogP contribution >= 0.6 is 0 Å². The first kappa shape index (κ1) is 15.6. The summed E-state index contributed by atoms with van der Waals surface area (Å²) < 4.78 is 17.9. The lowest BCUT2D eigenvalue weighted by atomic mass is 9.72. The Morgan fingerprint density at radius 2 is 1.74 bits per heavy atom. The number of hydrogen-bond acceptors (Lipinski definition) is 4. The van der Waals surface area contributed by atoms with Crippen molar-refractivity contribution in [3.63, 3.8) is 0 Å². The molecule has 3 aliphatic rings. The highest BCUT2D eigenvalue weighted by atomic mass is 16.7. The third-order valence-corrected chi connectivity index (χ3v) is 5.65. The van der Waals surface area contributed by atoms with Gasteiger partial charge in [0.1, 0.15) is 0 Å². The van der Waals surface area contributed by atoms with Crippen LogP contribution in [-0.4, -0.2) is 44.8 Å². The molecule has 2 saturated heterocycles. The topological polar surface area (TPSA) is 39.7 Å². The van der Waals surface area contributed by atoms with E-state index in [1.165, 1.54) is 5.56 Å². The van der Waals surface area contributed by atoms with Crippen LogP contribution < -0.4 is 5.32 Å².